The van der Waals surface area contributed by atoms with Crippen molar-refractivity contribution in [2.24, 2.45) is 0 Å². The molecule has 0 amide bonds. The summed E-state index contributed by atoms with van der Waals surface area (Å²) < 4.78 is 12.6. The smallest absolute Gasteiger partial charge is 0.338 e. The summed E-state index contributed by atoms with van der Waals surface area (Å²) in [6.07, 6.45) is 5.33. The quantitative estimate of drug-likeness (QED) is 0.139. The van der Waals surface area contributed by atoms with Gasteiger partial charge in [-0.2, -0.15) is 4.57 Å². The highest BCUT2D eigenvalue weighted by molar-refractivity contribution is 6.15. The standard InChI is InChI=1S/C41H32N4O/c1-41-24-23-27(30-15-5-8-18-34(30)44(41)29-13-3-2-4-14-29)26-28-12-11-19-35-39(28)45(41)40-36(46-35)22-21-32-31-16-6-7-17-33(31)43(38(32)40)37-20-9-10-25-42(37)45/h2-22,25,27H,23-24,26H2,1H3/q+2. The van der Waals surface area contributed by atoms with Gasteiger partial charge in [0.25, 0.3) is 5.69 Å². The summed E-state index contributed by atoms with van der Waals surface area (Å²) in [6.45, 7) is 2.51. The fourth-order valence-electron chi connectivity index (χ4n) is 9.64. The van der Waals surface area contributed by atoms with Crippen LogP contribution in [0.1, 0.15) is 36.8 Å². The van der Waals surface area contributed by atoms with Crippen LogP contribution < -0.4 is 18.9 Å². The van der Waals surface area contributed by atoms with E-state index in [1.807, 2.05) is 0 Å². The van der Waals surface area contributed by atoms with Crippen molar-refractivity contribution in [2.75, 3.05) is 4.90 Å². The molecule has 46 heavy (non-hydrogen) atoms. The van der Waals surface area contributed by atoms with E-state index in [4.69, 9.17) is 4.74 Å². The highest BCUT2D eigenvalue weighted by atomic mass is 16.5. The molecule has 1 spiro atoms. The van der Waals surface area contributed by atoms with Gasteiger partial charge in [0.2, 0.25) is 16.9 Å². The van der Waals surface area contributed by atoms with E-state index in [1.54, 1.807) is 0 Å². The second kappa shape index (κ2) is 8.45. The first kappa shape index (κ1) is 24.9. The Bertz CT molecular complexity index is 2430. The summed E-state index contributed by atoms with van der Waals surface area (Å²) in [6, 6.07) is 47.0. The van der Waals surface area contributed by atoms with Gasteiger partial charge >= 0.3 is 5.82 Å². The predicted molar refractivity (Wildman–Crippen MR) is 183 cm³/mol. The molecular weight excluding hydrogens is 564 g/mol. The van der Waals surface area contributed by atoms with Crippen molar-refractivity contribution in [3.05, 3.63) is 145 Å². The van der Waals surface area contributed by atoms with Gasteiger partial charge in [-0.15, -0.1) is 0 Å². The van der Waals surface area contributed by atoms with Gasteiger partial charge in [0, 0.05) is 41.4 Å². The molecule has 11 rings (SSSR count). The van der Waals surface area contributed by atoms with Crippen LogP contribution in [0.15, 0.2) is 134 Å². The van der Waals surface area contributed by atoms with Gasteiger partial charge < -0.3 is 4.74 Å². The molecule has 3 unspecified atom stereocenters. The SMILES string of the molecule is CC12CCC(Cc3cccc4c3[N+]13c1c(ccc5c6ccccc6n(c15)-c1cccc[n+]13)O4)c1ccccc1N2c1ccccc1. The first-order valence-corrected chi connectivity index (χ1v) is 16.4. The largest absolute Gasteiger partial charge is 0.444 e. The molecule has 0 N–H and O–H groups in total. The lowest BCUT2D eigenvalue weighted by Gasteiger charge is -2.54. The van der Waals surface area contributed by atoms with Gasteiger partial charge in [0.1, 0.15) is 5.52 Å². The fourth-order valence-corrected chi connectivity index (χ4v) is 9.64. The first-order chi connectivity index (χ1) is 22.7. The third kappa shape index (κ3) is 2.72. The van der Waals surface area contributed by atoms with Crippen molar-refractivity contribution in [3.8, 4) is 17.3 Å². The Kier molecular flexibility index (Phi) is 4.57. The highest BCUT2D eigenvalue weighted by Crippen LogP contribution is 2.65. The third-order valence-corrected chi connectivity index (χ3v) is 11.3. The lowest BCUT2D eigenvalue weighted by molar-refractivity contribution is -0.803. The molecule has 4 aliphatic rings. The topological polar surface area (TPSA) is 21.3 Å². The monoisotopic (exact) mass is 596 g/mol. The first-order valence-electron chi connectivity index (χ1n) is 16.4. The Hall–Kier alpha value is -5.39. The Morgan fingerprint density at radius 3 is 2.48 bits per heavy atom. The number of hydrogen-bond acceptors (Lipinski definition) is 2. The van der Waals surface area contributed by atoms with Crippen LogP contribution in [-0.4, -0.2) is 10.2 Å². The molecule has 7 aromatic rings. The number of pyridine rings is 1. The number of aromatic nitrogens is 2. The van der Waals surface area contributed by atoms with Crippen LogP contribution >= 0.6 is 0 Å². The number of nitrogens with zero attached hydrogens (tertiary/aromatic N) is 4. The second-order valence-electron chi connectivity index (χ2n) is 13.5. The zero-order chi connectivity index (χ0) is 30.2. The molecule has 220 valence electrons. The average Bonchev–Trinajstić information content (AvgIpc) is 3.39. The summed E-state index contributed by atoms with van der Waals surface area (Å²) in [5.41, 5.74) is 9.69. The molecule has 0 aliphatic carbocycles. The van der Waals surface area contributed by atoms with Gasteiger partial charge in [-0.3, -0.25) is 4.90 Å². The van der Waals surface area contributed by atoms with Gasteiger partial charge in [0.15, 0.2) is 17.7 Å². The maximum atomic E-state index is 7.04. The van der Waals surface area contributed by atoms with Crippen molar-refractivity contribution in [1.82, 2.24) is 9.16 Å². The molecule has 0 fully saturated rings. The Morgan fingerprint density at radius 2 is 1.54 bits per heavy atom. The maximum Gasteiger partial charge on any atom is 0.338 e. The lowest BCUT2D eigenvalue weighted by atomic mass is 9.82. The molecule has 6 heterocycles. The minimum absolute atomic E-state index is 0.393. The molecule has 5 aromatic carbocycles. The summed E-state index contributed by atoms with van der Waals surface area (Å²) in [5, 5.41) is 2.52. The number of benzene rings is 5. The van der Waals surface area contributed by atoms with E-state index in [-0.39, 0.29) is 0 Å². The molecule has 5 nitrogen and oxygen atoms in total. The van der Waals surface area contributed by atoms with E-state index in [0.717, 1.165) is 36.6 Å². The van der Waals surface area contributed by atoms with Crippen molar-refractivity contribution in [2.45, 2.75) is 37.8 Å². The molecular formula is C41H32N4O+2. The molecule has 4 aliphatic heterocycles. The number of quaternary nitrogens is 1. The minimum atomic E-state index is -0.493. The Balaban J connectivity index is 1.42. The van der Waals surface area contributed by atoms with Gasteiger partial charge in [-0.1, -0.05) is 76.0 Å². The number of para-hydroxylation sites is 4. The molecule has 3 atom stereocenters. The van der Waals surface area contributed by atoms with Crippen molar-refractivity contribution < 1.29 is 9.41 Å². The Morgan fingerprint density at radius 1 is 0.739 bits per heavy atom. The summed E-state index contributed by atoms with van der Waals surface area (Å²) >= 11 is 0. The van der Waals surface area contributed by atoms with E-state index in [0.29, 0.717) is 10.5 Å². The molecule has 2 aromatic heterocycles. The Labute approximate surface area is 267 Å². The van der Waals surface area contributed by atoms with Crippen molar-refractivity contribution in [1.29, 1.82) is 0 Å². The molecule has 0 radical (unpaired) electrons. The van der Waals surface area contributed by atoms with Crippen LogP contribution in [0, 0.1) is 0 Å². The van der Waals surface area contributed by atoms with Crippen molar-refractivity contribution >= 4 is 44.6 Å². The molecule has 2 bridgehead atoms. The van der Waals surface area contributed by atoms with E-state index < -0.39 is 5.66 Å². The van der Waals surface area contributed by atoms with E-state index in [1.165, 1.54) is 55.7 Å². The minimum Gasteiger partial charge on any atom is -0.444 e. The lowest BCUT2D eigenvalue weighted by Crippen LogP contribution is -2.84. The number of hydrogen-bond donors (Lipinski definition) is 0. The summed E-state index contributed by atoms with van der Waals surface area (Å²) in [4.78, 5) is 2.68. The van der Waals surface area contributed by atoms with Crippen molar-refractivity contribution in [3.63, 3.8) is 0 Å². The second-order valence-corrected chi connectivity index (χ2v) is 13.5. The molecule has 0 saturated carbocycles. The molecule has 0 saturated heterocycles. The zero-order valence-electron chi connectivity index (χ0n) is 25.6. The number of anilines is 2. The average molecular weight is 597 g/mol. The van der Waals surface area contributed by atoms with Crippen LogP contribution in [0.3, 0.4) is 0 Å². The molecule has 5 heteroatoms. The van der Waals surface area contributed by atoms with Crippen LogP contribution in [0.5, 0.6) is 11.5 Å². The third-order valence-electron chi connectivity index (χ3n) is 11.3. The van der Waals surface area contributed by atoms with E-state index in [2.05, 4.69) is 155 Å². The van der Waals surface area contributed by atoms with Crippen LogP contribution in [0.2, 0.25) is 0 Å². The van der Waals surface area contributed by atoms with Crippen LogP contribution in [0.4, 0.5) is 22.7 Å². The highest BCUT2D eigenvalue weighted by Gasteiger charge is 2.70. The van der Waals surface area contributed by atoms with Crippen LogP contribution in [0.25, 0.3) is 27.6 Å². The number of rotatable bonds is 1. The summed E-state index contributed by atoms with van der Waals surface area (Å²) in [5.74, 6) is 3.42. The normalized spacial score (nSPS) is 23.2. The van der Waals surface area contributed by atoms with Gasteiger partial charge in [-0.25, -0.2) is 0 Å². The van der Waals surface area contributed by atoms with Crippen LogP contribution in [-0.2, 0) is 6.42 Å². The number of fused-ring (bicyclic) bond motifs is 10. The fraction of sp³-hybridized carbons (Fsp3) is 0.146. The summed E-state index contributed by atoms with van der Waals surface area (Å²) in [7, 11) is 0. The van der Waals surface area contributed by atoms with E-state index >= 15 is 0 Å². The van der Waals surface area contributed by atoms with Gasteiger partial charge in [0.05, 0.1) is 5.69 Å². The zero-order valence-corrected chi connectivity index (χ0v) is 25.6. The predicted octanol–water partition coefficient (Wildman–Crippen LogP) is 9.58. The maximum absolute atomic E-state index is 7.04. The van der Waals surface area contributed by atoms with E-state index in [9.17, 15) is 0 Å². The van der Waals surface area contributed by atoms with Gasteiger partial charge in [-0.05, 0) is 78.9 Å². The number of ether oxygens (including phenoxy) is 1.